The van der Waals surface area contributed by atoms with Gasteiger partial charge in [0.1, 0.15) is 0 Å². The zero-order valence-corrected chi connectivity index (χ0v) is 9.46. The Morgan fingerprint density at radius 1 is 1.00 bits per heavy atom. The monoisotopic (exact) mass is 206 g/mol. The zero-order chi connectivity index (χ0) is 11.0. The maximum atomic E-state index is 3.14. The summed E-state index contributed by atoms with van der Waals surface area (Å²) in [5, 5.41) is 0. The van der Waals surface area contributed by atoms with Gasteiger partial charge in [-0.3, -0.25) is 0 Å². The lowest BCUT2D eigenvalue weighted by atomic mass is 9.92. The number of benzene rings is 1. The van der Waals surface area contributed by atoms with Crippen molar-refractivity contribution >= 4 is 17.7 Å². The Balaban J connectivity index is 2.00. The highest BCUT2D eigenvalue weighted by Crippen LogP contribution is 2.29. The van der Waals surface area contributed by atoms with E-state index in [1.54, 1.807) is 0 Å². The minimum atomic E-state index is 1.16. The van der Waals surface area contributed by atoms with Crippen molar-refractivity contribution in [3.05, 3.63) is 58.3 Å². The minimum absolute atomic E-state index is 1.16. The third-order valence-electron chi connectivity index (χ3n) is 3.29. The molecule has 0 nitrogen and oxygen atoms in total. The second-order valence-corrected chi connectivity index (χ2v) is 4.50. The molecule has 0 radical (unpaired) electrons. The lowest BCUT2D eigenvalue weighted by Gasteiger charge is -2.13. The van der Waals surface area contributed by atoms with Crippen LogP contribution in [0, 0.1) is 0 Å². The van der Waals surface area contributed by atoms with Crippen molar-refractivity contribution in [1.82, 2.24) is 0 Å². The van der Waals surface area contributed by atoms with Crippen LogP contribution in [0.1, 0.15) is 36.5 Å². The van der Waals surface area contributed by atoms with Gasteiger partial charge in [-0.2, -0.15) is 0 Å². The molecule has 0 saturated carbocycles. The van der Waals surface area contributed by atoms with Crippen molar-refractivity contribution < 1.29 is 0 Å². The van der Waals surface area contributed by atoms with Crippen LogP contribution in [0.15, 0.2) is 41.7 Å². The molecular formula is C16H14. The first-order valence-corrected chi connectivity index (χ1v) is 5.76. The van der Waals surface area contributed by atoms with Gasteiger partial charge in [-0.15, -0.1) is 5.73 Å². The predicted molar refractivity (Wildman–Crippen MR) is 69.9 cm³/mol. The molecule has 1 aromatic carbocycles. The van der Waals surface area contributed by atoms with Crippen LogP contribution in [0.5, 0.6) is 0 Å². The molecule has 0 spiro atoms. The van der Waals surface area contributed by atoms with Crippen molar-refractivity contribution in [2.75, 3.05) is 0 Å². The number of hydrogen-bond acceptors (Lipinski definition) is 0. The van der Waals surface area contributed by atoms with Crippen LogP contribution in [0.2, 0.25) is 0 Å². The second kappa shape index (κ2) is 3.66. The first kappa shape index (κ1) is 9.45. The van der Waals surface area contributed by atoms with E-state index in [9.17, 15) is 0 Å². The average Bonchev–Trinajstić information content (AvgIpc) is 2.77. The Kier molecular flexibility index (Phi) is 2.16. The van der Waals surface area contributed by atoms with Crippen LogP contribution in [0.3, 0.4) is 0 Å². The molecule has 0 saturated heterocycles. The SMILES string of the molecule is CC1=CC=C(c2ccc3c(c2)C=C=C3)CC1. The van der Waals surface area contributed by atoms with Crippen molar-refractivity contribution in [2.45, 2.75) is 19.8 Å². The zero-order valence-electron chi connectivity index (χ0n) is 9.46. The summed E-state index contributed by atoms with van der Waals surface area (Å²) in [4.78, 5) is 0. The molecule has 0 atom stereocenters. The number of hydrogen-bond donors (Lipinski definition) is 0. The van der Waals surface area contributed by atoms with Gasteiger partial charge in [0.25, 0.3) is 0 Å². The molecule has 0 bridgehead atoms. The fourth-order valence-electron chi connectivity index (χ4n) is 2.23. The van der Waals surface area contributed by atoms with Gasteiger partial charge < -0.3 is 0 Å². The van der Waals surface area contributed by atoms with E-state index in [0.29, 0.717) is 0 Å². The Bertz CT molecular complexity index is 562. The molecular weight excluding hydrogens is 192 g/mol. The largest absolute Gasteiger partial charge is 0.120 e. The second-order valence-electron chi connectivity index (χ2n) is 4.50. The Morgan fingerprint density at radius 2 is 1.88 bits per heavy atom. The lowest BCUT2D eigenvalue weighted by Crippen LogP contribution is -1.92. The van der Waals surface area contributed by atoms with Gasteiger partial charge in [0, 0.05) is 0 Å². The topological polar surface area (TPSA) is 0 Å². The molecule has 0 fully saturated rings. The van der Waals surface area contributed by atoms with E-state index in [1.165, 1.54) is 34.3 Å². The van der Waals surface area contributed by atoms with Crippen LogP contribution in [-0.2, 0) is 0 Å². The molecule has 16 heavy (non-hydrogen) atoms. The summed E-state index contributed by atoms with van der Waals surface area (Å²) >= 11 is 0. The van der Waals surface area contributed by atoms with Crippen molar-refractivity contribution in [3.8, 4) is 0 Å². The van der Waals surface area contributed by atoms with Gasteiger partial charge in [-0.1, -0.05) is 29.9 Å². The Morgan fingerprint density at radius 3 is 2.69 bits per heavy atom. The van der Waals surface area contributed by atoms with Crippen molar-refractivity contribution in [3.63, 3.8) is 0 Å². The summed E-state index contributed by atoms with van der Waals surface area (Å²) in [6.45, 7) is 2.20. The summed E-state index contributed by atoms with van der Waals surface area (Å²) in [5.74, 6) is 0. The molecule has 2 aliphatic carbocycles. The molecule has 78 valence electrons. The Hall–Kier alpha value is -1.78. The van der Waals surface area contributed by atoms with Crippen molar-refractivity contribution in [2.24, 2.45) is 0 Å². The van der Waals surface area contributed by atoms with Crippen molar-refractivity contribution in [1.29, 1.82) is 0 Å². The molecule has 0 amide bonds. The standard InChI is InChI=1S/C16H14/c1-12-5-7-14(8-6-12)16-10-9-13-3-2-4-15(13)11-16/h3-5,7,9-11H,6,8H2,1H3. The van der Waals surface area contributed by atoms with Gasteiger partial charge in [0.15, 0.2) is 0 Å². The number of rotatable bonds is 1. The van der Waals surface area contributed by atoms with Gasteiger partial charge in [0.2, 0.25) is 0 Å². The first-order chi connectivity index (χ1) is 7.83. The summed E-state index contributed by atoms with van der Waals surface area (Å²) in [6, 6.07) is 6.68. The summed E-state index contributed by atoms with van der Waals surface area (Å²) in [7, 11) is 0. The van der Waals surface area contributed by atoms with E-state index >= 15 is 0 Å². The predicted octanol–water partition coefficient (Wildman–Crippen LogP) is 4.45. The molecule has 0 N–H and O–H groups in total. The number of allylic oxidation sites excluding steroid dienone is 4. The number of fused-ring (bicyclic) bond motifs is 1. The average molecular weight is 206 g/mol. The van der Waals surface area contributed by atoms with E-state index in [0.717, 1.165) is 6.42 Å². The maximum Gasteiger partial charge on any atom is -0.00945 e. The highest BCUT2D eigenvalue weighted by molar-refractivity contribution is 5.78. The Labute approximate surface area is 96.3 Å². The highest BCUT2D eigenvalue weighted by Gasteiger charge is 2.08. The van der Waals surface area contributed by atoms with Gasteiger partial charge in [-0.05, 0) is 60.2 Å². The minimum Gasteiger partial charge on any atom is -0.120 e. The third-order valence-corrected chi connectivity index (χ3v) is 3.29. The third kappa shape index (κ3) is 1.58. The van der Waals surface area contributed by atoms with E-state index < -0.39 is 0 Å². The fourth-order valence-corrected chi connectivity index (χ4v) is 2.23. The first-order valence-electron chi connectivity index (χ1n) is 5.76. The normalized spacial score (nSPS) is 17.1. The van der Waals surface area contributed by atoms with E-state index in [1.807, 2.05) is 6.08 Å². The molecule has 0 heterocycles. The van der Waals surface area contributed by atoms with E-state index in [-0.39, 0.29) is 0 Å². The van der Waals surface area contributed by atoms with Crippen LogP contribution in [0.25, 0.3) is 17.7 Å². The lowest BCUT2D eigenvalue weighted by molar-refractivity contribution is 0.977. The van der Waals surface area contributed by atoms with Gasteiger partial charge in [-0.25, -0.2) is 0 Å². The van der Waals surface area contributed by atoms with Crippen LogP contribution in [0.4, 0.5) is 0 Å². The molecule has 0 heteroatoms. The van der Waals surface area contributed by atoms with E-state index in [4.69, 9.17) is 0 Å². The van der Waals surface area contributed by atoms with Crippen LogP contribution in [-0.4, -0.2) is 0 Å². The van der Waals surface area contributed by atoms with Crippen LogP contribution < -0.4 is 0 Å². The molecule has 3 rings (SSSR count). The van der Waals surface area contributed by atoms with E-state index in [2.05, 4.69) is 49.1 Å². The summed E-state index contributed by atoms with van der Waals surface area (Å²) in [6.07, 6.45) is 10.9. The molecule has 2 aliphatic rings. The summed E-state index contributed by atoms with van der Waals surface area (Å²) in [5.41, 5.74) is 10.0. The maximum absolute atomic E-state index is 3.14. The van der Waals surface area contributed by atoms with Gasteiger partial charge in [0.05, 0.1) is 0 Å². The quantitative estimate of drug-likeness (QED) is 0.605. The molecule has 0 aromatic heterocycles. The highest BCUT2D eigenvalue weighted by atomic mass is 14.1. The summed E-state index contributed by atoms with van der Waals surface area (Å²) < 4.78 is 0. The van der Waals surface area contributed by atoms with Crippen LogP contribution >= 0.6 is 0 Å². The fraction of sp³-hybridized carbons (Fsp3) is 0.188. The molecule has 0 unspecified atom stereocenters. The smallest absolute Gasteiger partial charge is 0.00945 e. The molecule has 0 aliphatic heterocycles. The molecule has 1 aromatic rings. The van der Waals surface area contributed by atoms with Gasteiger partial charge >= 0.3 is 0 Å².